The number of fused-ring (bicyclic) bond motifs is 3. The van der Waals surface area contributed by atoms with Gasteiger partial charge in [-0.1, -0.05) is 48.5 Å². The van der Waals surface area contributed by atoms with Crippen LogP contribution in [-0.4, -0.2) is 66.7 Å². The van der Waals surface area contributed by atoms with Crippen LogP contribution in [0.3, 0.4) is 0 Å². The molecule has 1 aliphatic rings. The second-order valence-corrected chi connectivity index (χ2v) is 8.09. The molecular weight excluding hydrogens is 428 g/mol. The summed E-state index contributed by atoms with van der Waals surface area (Å²) in [6.45, 7) is 0.838. The van der Waals surface area contributed by atoms with Crippen LogP contribution in [0.1, 0.15) is 30.4 Å². The molecule has 2 aromatic rings. The fourth-order valence-electron chi connectivity index (χ4n) is 4.01. The maximum atomic E-state index is 12.8. The zero-order valence-electron chi connectivity index (χ0n) is 18.5. The smallest absolute Gasteiger partial charge is 0.408 e. The first-order chi connectivity index (χ1) is 15.8. The van der Waals surface area contributed by atoms with Crippen LogP contribution >= 0.6 is 0 Å². The highest BCUT2D eigenvalue weighted by Gasteiger charge is 2.38. The van der Waals surface area contributed by atoms with Gasteiger partial charge in [0.1, 0.15) is 18.2 Å². The summed E-state index contributed by atoms with van der Waals surface area (Å²) in [6, 6.07) is 14.5. The maximum Gasteiger partial charge on any atom is 0.408 e. The number of hydrogen-bond donors (Lipinski definition) is 4. The molecule has 0 aliphatic heterocycles. The topological polar surface area (TPSA) is 134 Å². The van der Waals surface area contributed by atoms with Gasteiger partial charge in [0.05, 0.1) is 6.61 Å². The molecule has 0 aromatic heterocycles. The van der Waals surface area contributed by atoms with Crippen LogP contribution in [0.5, 0.6) is 0 Å². The van der Waals surface area contributed by atoms with Crippen molar-refractivity contribution >= 4 is 18.0 Å². The molecule has 4 N–H and O–H groups in total. The number of carboxylic acids is 1. The SMILES string of the molecule is COCC(C)(NC(=O)OCC1c2ccccc2-c2ccccc21)C(=O)N[C@@H](CCO)C(=O)O. The van der Waals surface area contributed by atoms with E-state index in [1.54, 1.807) is 0 Å². The van der Waals surface area contributed by atoms with Gasteiger partial charge in [-0.15, -0.1) is 0 Å². The summed E-state index contributed by atoms with van der Waals surface area (Å²) in [4.78, 5) is 36.7. The molecule has 1 unspecified atom stereocenters. The first-order valence-electron chi connectivity index (χ1n) is 10.6. The minimum atomic E-state index is -1.58. The van der Waals surface area contributed by atoms with Crippen LogP contribution < -0.4 is 10.6 Å². The van der Waals surface area contributed by atoms with E-state index in [1.165, 1.54) is 14.0 Å². The van der Waals surface area contributed by atoms with E-state index < -0.39 is 36.2 Å². The van der Waals surface area contributed by atoms with Gasteiger partial charge in [0, 0.05) is 26.1 Å². The van der Waals surface area contributed by atoms with Gasteiger partial charge < -0.3 is 30.3 Å². The number of amides is 2. The van der Waals surface area contributed by atoms with E-state index in [1.807, 2.05) is 48.5 Å². The van der Waals surface area contributed by atoms with E-state index in [0.29, 0.717) is 0 Å². The Labute approximate surface area is 191 Å². The zero-order chi connectivity index (χ0) is 24.0. The number of aliphatic hydroxyl groups is 1. The predicted molar refractivity (Wildman–Crippen MR) is 120 cm³/mol. The molecular formula is C24H28N2O7. The van der Waals surface area contributed by atoms with E-state index in [0.717, 1.165) is 22.3 Å². The third kappa shape index (κ3) is 5.32. The summed E-state index contributed by atoms with van der Waals surface area (Å²) in [6.07, 6.45) is -1.00. The molecule has 33 heavy (non-hydrogen) atoms. The fourth-order valence-corrected chi connectivity index (χ4v) is 4.01. The minimum absolute atomic E-state index is 0.0623. The molecule has 0 spiro atoms. The fraction of sp³-hybridized carbons (Fsp3) is 0.375. The van der Waals surface area contributed by atoms with Gasteiger partial charge in [0.2, 0.25) is 5.91 Å². The van der Waals surface area contributed by atoms with Crippen LogP contribution in [0.15, 0.2) is 48.5 Å². The Morgan fingerprint density at radius 3 is 2.15 bits per heavy atom. The molecule has 9 nitrogen and oxygen atoms in total. The standard InChI is InChI=1S/C24H28N2O7/c1-24(14-32-2,22(30)25-20(11-12-27)21(28)29)26-23(31)33-13-19-17-9-5-3-7-15(17)16-8-4-6-10-18(16)19/h3-10,19-20,27H,11-14H2,1-2H3,(H,25,30)(H,26,31)(H,28,29)/t20-,24?/m0/s1. The number of alkyl carbamates (subject to hydrolysis) is 1. The van der Waals surface area contributed by atoms with Crippen molar-refractivity contribution in [1.29, 1.82) is 0 Å². The highest BCUT2D eigenvalue weighted by Crippen LogP contribution is 2.44. The molecule has 176 valence electrons. The lowest BCUT2D eigenvalue weighted by molar-refractivity contribution is -0.143. The first kappa shape index (κ1) is 24.2. The average Bonchev–Trinajstić information content (AvgIpc) is 3.11. The number of carboxylic acid groups (broad SMARTS) is 1. The third-order valence-corrected chi connectivity index (χ3v) is 5.68. The highest BCUT2D eigenvalue weighted by molar-refractivity contribution is 5.92. The number of ether oxygens (including phenoxy) is 2. The van der Waals surface area contributed by atoms with E-state index >= 15 is 0 Å². The zero-order valence-corrected chi connectivity index (χ0v) is 18.5. The largest absolute Gasteiger partial charge is 0.480 e. The Morgan fingerprint density at radius 2 is 1.64 bits per heavy atom. The quantitative estimate of drug-likeness (QED) is 0.429. The van der Waals surface area contributed by atoms with Gasteiger partial charge in [-0.25, -0.2) is 9.59 Å². The second-order valence-electron chi connectivity index (χ2n) is 8.09. The van der Waals surface area contributed by atoms with Crippen LogP contribution in [0.25, 0.3) is 11.1 Å². The van der Waals surface area contributed by atoms with Gasteiger partial charge >= 0.3 is 12.1 Å². The van der Waals surface area contributed by atoms with Crippen LogP contribution in [0.2, 0.25) is 0 Å². The lowest BCUT2D eigenvalue weighted by Crippen LogP contribution is -2.62. The molecule has 0 saturated heterocycles. The normalized spacial score (nSPS) is 15.0. The molecule has 2 aromatic carbocycles. The number of hydrogen-bond acceptors (Lipinski definition) is 6. The van der Waals surface area contributed by atoms with Crippen LogP contribution in [0, 0.1) is 0 Å². The van der Waals surface area contributed by atoms with Crippen molar-refractivity contribution in [1.82, 2.24) is 10.6 Å². The Hall–Kier alpha value is -3.43. The summed E-state index contributed by atoms with van der Waals surface area (Å²) < 4.78 is 10.6. The van der Waals surface area contributed by atoms with Crippen molar-refractivity contribution in [2.75, 3.05) is 26.9 Å². The van der Waals surface area contributed by atoms with Gasteiger partial charge in [0.15, 0.2) is 0 Å². The lowest BCUT2D eigenvalue weighted by Gasteiger charge is -2.30. The number of methoxy groups -OCH3 is 1. The van der Waals surface area contributed by atoms with Crippen LogP contribution in [0.4, 0.5) is 4.79 Å². The number of rotatable bonds is 10. The Kier molecular flexibility index (Phi) is 7.67. The molecule has 0 heterocycles. The van der Waals surface area contributed by atoms with Crippen molar-refractivity contribution in [2.24, 2.45) is 0 Å². The van der Waals surface area contributed by atoms with Crippen molar-refractivity contribution in [3.05, 3.63) is 59.7 Å². The molecule has 3 rings (SSSR count). The molecule has 0 saturated carbocycles. The number of carbonyl (C=O) groups is 3. The van der Waals surface area contributed by atoms with Crippen molar-refractivity contribution in [3.8, 4) is 11.1 Å². The van der Waals surface area contributed by atoms with Crippen molar-refractivity contribution < 1.29 is 34.1 Å². The second kappa shape index (κ2) is 10.5. The van der Waals surface area contributed by atoms with Crippen molar-refractivity contribution in [3.63, 3.8) is 0 Å². The molecule has 2 amide bonds. The summed E-state index contributed by atoms with van der Waals surface area (Å²) in [5.74, 6) is -2.20. The number of nitrogens with one attached hydrogen (secondary N) is 2. The summed E-state index contributed by atoms with van der Waals surface area (Å²) in [5, 5.41) is 23.1. The number of benzene rings is 2. The Morgan fingerprint density at radius 1 is 1.06 bits per heavy atom. The van der Waals surface area contributed by atoms with Gasteiger partial charge in [0.25, 0.3) is 0 Å². The summed E-state index contributed by atoms with van der Waals surface area (Å²) in [7, 11) is 1.35. The summed E-state index contributed by atoms with van der Waals surface area (Å²) in [5.41, 5.74) is 2.71. The highest BCUT2D eigenvalue weighted by atomic mass is 16.5. The molecule has 2 atom stereocenters. The van der Waals surface area contributed by atoms with Crippen LogP contribution in [-0.2, 0) is 19.1 Å². The number of carbonyl (C=O) groups excluding carboxylic acids is 2. The molecule has 0 fully saturated rings. The van der Waals surface area contributed by atoms with E-state index in [2.05, 4.69) is 10.6 Å². The molecule has 9 heteroatoms. The van der Waals surface area contributed by atoms with E-state index in [4.69, 9.17) is 14.6 Å². The molecule has 0 radical (unpaired) electrons. The average molecular weight is 456 g/mol. The maximum absolute atomic E-state index is 12.8. The monoisotopic (exact) mass is 456 g/mol. The molecule has 1 aliphatic carbocycles. The number of aliphatic hydroxyl groups excluding tert-OH is 1. The first-order valence-corrected chi connectivity index (χ1v) is 10.6. The predicted octanol–water partition coefficient (Wildman–Crippen LogP) is 1.88. The van der Waals surface area contributed by atoms with Gasteiger partial charge in [-0.05, 0) is 29.2 Å². The van der Waals surface area contributed by atoms with Gasteiger partial charge in [-0.2, -0.15) is 0 Å². The Bertz CT molecular complexity index is 980. The third-order valence-electron chi connectivity index (χ3n) is 5.68. The molecule has 0 bridgehead atoms. The van der Waals surface area contributed by atoms with E-state index in [-0.39, 0.29) is 25.6 Å². The van der Waals surface area contributed by atoms with Gasteiger partial charge in [-0.3, -0.25) is 4.79 Å². The van der Waals surface area contributed by atoms with E-state index in [9.17, 15) is 19.5 Å². The number of aliphatic carboxylic acids is 1. The Balaban J connectivity index is 1.69. The summed E-state index contributed by atoms with van der Waals surface area (Å²) >= 11 is 0. The minimum Gasteiger partial charge on any atom is -0.480 e. The van der Waals surface area contributed by atoms with Crippen molar-refractivity contribution in [2.45, 2.75) is 30.8 Å². The lowest BCUT2D eigenvalue weighted by atomic mass is 9.98.